The van der Waals surface area contributed by atoms with Gasteiger partial charge in [-0.05, 0) is 24.6 Å². The topological polar surface area (TPSA) is 49.2 Å². The second kappa shape index (κ2) is 5.99. The van der Waals surface area contributed by atoms with Crippen LogP contribution in [0.2, 0.25) is 5.02 Å². The number of nitrogens with zero attached hydrogens (tertiary/aromatic N) is 3. The number of aliphatic hydroxyl groups excluding tert-OH is 1. The largest absolute Gasteiger partial charge is 0.392 e. The molecular weight excluding hydrogens is 262 g/mol. The highest BCUT2D eigenvalue weighted by atomic mass is 35.5. The van der Waals surface area contributed by atoms with Crippen LogP contribution in [0, 0.1) is 6.92 Å². The van der Waals surface area contributed by atoms with E-state index < -0.39 is 0 Å². The Morgan fingerprint density at radius 2 is 1.95 bits per heavy atom. The summed E-state index contributed by atoms with van der Waals surface area (Å²) >= 11 is 5.86. The zero-order valence-corrected chi connectivity index (χ0v) is 11.7. The summed E-state index contributed by atoms with van der Waals surface area (Å²) in [5, 5.41) is 9.83. The summed E-state index contributed by atoms with van der Waals surface area (Å²) in [7, 11) is 1.93. The van der Waals surface area contributed by atoms with Crippen molar-refractivity contribution < 1.29 is 5.11 Å². The van der Waals surface area contributed by atoms with Crippen LogP contribution >= 0.6 is 11.6 Å². The van der Waals surface area contributed by atoms with Gasteiger partial charge in [-0.25, -0.2) is 9.97 Å². The van der Waals surface area contributed by atoms with Gasteiger partial charge in [0.25, 0.3) is 0 Å². The summed E-state index contributed by atoms with van der Waals surface area (Å²) in [6.07, 6.45) is 1.66. The van der Waals surface area contributed by atoms with Gasteiger partial charge < -0.3 is 10.0 Å². The van der Waals surface area contributed by atoms with Gasteiger partial charge >= 0.3 is 0 Å². The molecule has 0 bridgehead atoms. The lowest BCUT2D eigenvalue weighted by molar-refractivity contribution is 0.280. The summed E-state index contributed by atoms with van der Waals surface area (Å²) in [4.78, 5) is 10.6. The van der Waals surface area contributed by atoms with E-state index in [9.17, 15) is 0 Å². The standard InChI is InChI=1S/C14H16ClN3O/c1-10-12(9-19)7-16-14(17-10)18(2)8-11-3-5-13(15)6-4-11/h3-7,19H,8-9H2,1-2H3. The number of aliphatic hydroxyl groups is 1. The lowest BCUT2D eigenvalue weighted by Gasteiger charge is -2.18. The first-order valence-electron chi connectivity index (χ1n) is 5.99. The Bertz CT molecular complexity index is 557. The highest BCUT2D eigenvalue weighted by Crippen LogP contribution is 2.15. The minimum absolute atomic E-state index is 0.0347. The summed E-state index contributed by atoms with van der Waals surface area (Å²) in [5.41, 5.74) is 2.69. The van der Waals surface area contributed by atoms with Gasteiger partial charge in [-0.1, -0.05) is 23.7 Å². The van der Waals surface area contributed by atoms with Crippen LogP contribution in [0.25, 0.3) is 0 Å². The molecule has 1 heterocycles. The summed E-state index contributed by atoms with van der Waals surface area (Å²) in [6, 6.07) is 7.69. The Labute approximate surface area is 117 Å². The van der Waals surface area contributed by atoms with E-state index in [0.717, 1.165) is 21.8 Å². The highest BCUT2D eigenvalue weighted by molar-refractivity contribution is 6.30. The van der Waals surface area contributed by atoms with E-state index in [1.807, 2.05) is 43.1 Å². The number of hydrogen-bond acceptors (Lipinski definition) is 4. The van der Waals surface area contributed by atoms with Crippen LogP contribution < -0.4 is 4.90 Å². The average Bonchev–Trinajstić information content (AvgIpc) is 2.41. The number of anilines is 1. The number of benzene rings is 1. The maximum Gasteiger partial charge on any atom is 0.225 e. The molecule has 0 unspecified atom stereocenters. The van der Waals surface area contributed by atoms with Gasteiger partial charge in [-0.2, -0.15) is 0 Å². The van der Waals surface area contributed by atoms with E-state index in [1.54, 1.807) is 6.20 Å². The van der Waals surface area contributed by atoms with Crippen LogP contribution in [-0.2, 0) is 13.2 Å². The van der Waals surface area contributed by atoms with Crippen molar-refractivity contribution in [3.8, 4) is 0 Å². The van der Waals surface area contributed by atoms with Crippen molar-refractivity contribution in [1.29, 1.82) is 0 Å². The molecule has 0 amide bonds. The van der Waals surface area contributed by atoms with Crippen molar-refractivity contribution >= 4 is 17.5 Å². The molecule has 2 rings (SSSR count). The Kier molecular flexibility index (Phi) is 4.35. The smallest absolute Gasteiger partial charge is 0.225 e. The third-order valence-corrected chi connectivity index (χ3v) is 3.17. The lowest BCUT2D eigenvalue weighted by atomic mass is 10.2. The fraction of sp³-hybridized carbons (Fsp3) is 0.286. The molecule has 1 aromatic carbocycles. The minimum Gasteiger partial charge on any atom is -0.392 e. The van der Waals surface area contributed by atoms with E-state index in [2.05, 4.69) is 9.97 Å². The maximum absolute atomic E-state index is 9.10. The van der Waals surface area contributed by atoms with E-state index in [0.29, 0.717) is 12.5 Å². The predicted molar refractivity (Wildman–Crippen MR) is 76.3 cm³/mol. The Morgan fingerprint density at radius 3 is 2.53 bits per heavy atom. The van der Waals surface area contributed by atoms with Gasteiger partial charge in [0, 0.05) is 36.1 Å². The molecule has 100 valence electrons. The second-order valence-electron chi connectivity index (χ2n) is 4.42. The van der Waals surface area contributed by atoms with E-state index in [-0.39, 0.29) is 6.61 Å². The summed E-state index contributed by atoms with van der Waals surface area (Å²) in [5.74, 6) is 0.643. The highest BCUT2D eigenvalue weighted by Gasteiger charge is 2.07. The third-order valence-electron chi connectivity index (χ3n) is 2.91. The van der Waals surface area contributed by atoms with Crippen molar-refractivity contribution in [3.05, 3.63) is 52.3 Å². The normalized spacial score (nSPS) is 10.5. The van der Waals surface area contributed by atoms with Gasteiger partial charge in [0.1, 0.15) is 0 Å². The van der Waals surface area contributed by atoms with E-state index in [1.165, 1.54) is 0 Å². The van der Waals surface area contributed by atoms with Crippen molar-refractivity contribution in [1.82, 2.24) is 9.97 Å². The molecule has 0 saturated heterocycles. The molecule has 4 nitrogen and oxygen atoms in total. The van der Waals surface area contributed by atoms with Gasteiger partial charge in [-0.3, -0.25) is 0 Å². The molecule has 0 aliphatic rings. The van der Waals surface area contributed by atoms with Crippen molar-refractivity contribution in [3.63, 3.8) is 0 Å². The van der Waals surface area contributed by atoms with Crippen LogP contribution in [-0.4, -0.2) is 22.1 Å². The number of hydrogen-bond donors (Lipinski definition) is 1. The second-order valence-corrected chi connectivity index (χ2v) is 4.86. The van der Waals surface area contributed by atoms with Crippen LogP contribution in [0.3, 0.4) is 0 Å². The number of aryl methyl sites for hydroxylation is 1. The average molecular weight is 278 g/mol. The quantitative estimate of drug-likeness (QED) is 0.933. The first kappa shape index (κ1) is 13.8. The van der Waals surface area contributed by atoms with Gasteiger partial charge in [0.05, 0.1) is 6.61 Å². The lowest BCUT2D eigenvalue weighted by Crippen LogP contribution is -2.19. The van der Waals surface area contributed by atoms with Crippen LogP contribution in [0.5, 0.6) is 0 Å². The Hall–Kier alpha value is -1.65. The molecule has 1 N–H and O–H groups in total. The minimum atomic E-state index is -0.0347. The summed E-state index contributed by atoms with van der Waals surface area (Å²) in [6.45, 7) is 2.54. The Morgan fingerprint density at radius 1 is 1.26 bits per heavy atom. The molecule has 0 radical (unpaired) electrons. The zero-order valence-electron chi connectivity index (χ0n) is 11.0. The number of halogens is 1. The molecule has 0 aliphatic heterocycles. The fourth-order valence-corrected chi connectivity index (χ4v) is 1.88. The van der Waals surface area contributed by atoms with E-state index in [4.69, 9.17) is 16.7 Å². The van der Waals surface area contributed by atoms with Crippen LogP contribution in [0.4, 0.5) is 5.95 Å². The third kappa shape index (κ3) is 3.43. The van der Waals surface area contributed by atoms with Crippen molar-refractivity contribution in [2.45, 2.75) is 20.1 Å². The number of rotatable bonds is 4. The molecule has 0 saturated carbocycles. The van der Waals surface area contributed by atoms with E-state index >= 15 is 0 Å². The van der Waals surface area contributed by atoms with Crippen LogP contribution in [0.15, 0.2) is 30.5 Å². The Balaban J connectivity index is 2.13. The summed E-state index contributed by atoms with van der Waals surface area (Å²) < 4.78 is 0. The molecule has 0 fully saturated rings. The van der Waals surface area contributed by atoms with Gasteiger partial charge in [-0.15, -0.1) is 0 Å². The van der Waals surface area contributed by atoms with Gasteiger partial charge in [0.2, 0.25) is 5.95 Å². The number of aromatic nitrogens is 2. The molecule has 0 aliphatic carbocycles. The first-order chi connectivity index (χ1) is 9.10. The molecule has 5 heteroatoms. The monoisotopic (exact) mass is 277 g/mol. The molecule has 1 aromatic heterocycles. The predicted octanol–water partition coefficient (Wildman–Crippen LogP) is 2.57. The molecule has 2 aromatic rings. The van der Waals surface area contributed by atoms with Crippen molar-refractivity contribution in [2.24, 2.45) is 0 Å². The molecular formula is C14H16ClN3O. The maximum atomic E-state index is 9.10. The fourth-order valence-electron chi connectivity index (χ4n) is 1.75. The zero-order chi connectivity index (χ0) is 13.8. The molecule has 0 atom stereocenters. The molecule has 0 spiro atoms. The molecule has 19 heavy (non-hydrogen) atoms. The first-order valence-corrected chi connectivity index (χ1v) is 6.37. The SMILES string of the molecule is Cc1nc(N(C)Cc2ccc(Cl)cc2)ncc1CO. The van der Waals surface area contributed by atoms with Crippen molar-refractivity contribution in [2.75, 3.05) is 11.9 Å². The van der Waals surface area contributed by atoms with Gasteiger partial charge in [0.15, 0.2) is 0 Å². The van der Waals surface area contributed by atoms with Crippen LogP contribution in [0.1, 0.15) is 16.8 Å².